The van der Waals surface area contributed by atoms with E-state index in [1.165, 1.54) is 12.8 Å². The van der Waals surface area contributed by atoms with Crippen LogP contribution in [0, 0.1) is 6.92 Å². The number of anilines is 1. The van der Waals surface area contributed by atoms with Crippen LogP contribution in [0.3, 0.4) is 0 Å². The van der Waals surface area contributed by atoms with Crippen LogP contribution in [-0.2, 0) is 0 Å². The first-order valence-electron chi connectivity index (χ1n) is 7.76. The lowest BCUT2D eigenvalue weighted by Gasteiger charge is -2.30. The molecule has 1 aromatic rings. The van der Waals surface area contributed by atoms with Gasteiger partial charge >= 0.3 is 0 Å². The molecule has 0 aromatic heterocycles. The smallest absolute Gasteiger partial charge is 0.254 e. The van der Waals surface area contributed by atoms with Crippen molar-refractivity contribution in [1.82, 2.24) is 4.90 Å². The maximum Gasteiger partial charge on any atom is 0.254 e. The fourth-order valence-electron chi connectivity index (χ4n) is 3.08. The first kappa shape index (κ1) is 14.9. The number of rotatable bonds is 3. The molecule has 2 rings (SSSR count). The van der Waals surface area contributed by atoms with Crippen molar-refractivity contribution >= 4 is 11.6 Å². The quantitative estimate of drug-likeness (QED) is 0.908. The van der Waals surface area contributed by atoms with Gasteiger partial charge in [-0.05, 0) is 49.9 Å². The lowest BCUT2D eigenvalue weighted by Crippen LogP contribution is -2.40. The second-order valence-corrected chi connectivity index (χ2v) is 5.69. The van der Waals surface area contributed by atoms with Crippen LogP contribution in [0.5, 0.6) is 0 Å². The summed E-state index contributed by atoms with van der Waals surface area (Å²) in [4.78, 5) is 15.0. The highest BCUT2D eigenvalue weighted by molar-refractivity contribution is 5.96. The molecule has 1 saturated heterocycles. The highest BCUT2D eigenvalue weighted by atomic mass is 16.2. The fraction of sp³-hybridized carbons (Fsp3) is 0.588. The van der Waals surface area contributed by atoms with Gasteiger partial charge in [0.05, 0.1) is 0 Å². The summed E-state index contributed by atoms with van der Waals surface area (Å²) in [7, 11) is 1.90. The molecule has 20 heavy (non-hydrogen) atoms. The van der Waals surface area contributed by atoms with Crippen molar-refractivity contribution < 1.29 is 4.79 Å². The molecule has 0 radical (unpaired) electrons. The fourth-order valence-corrected chi connectivity index (χ4v) is 3.08. The maximum absolute atomic E-state index is 12.8. The van der Waals surface area contributed by atoms with E-state index in [1.807, 2.05) is 32.2 Å². The average molecular weight is 274 g/mol. The van der Waals surface area contributed by atoms with Gasteiger partial charge in [0.15, 0.2) is 0 Å². The van der Waals surface area contributed by atoms with E-state index >= 15 is 0 Å². The van der Waals surface area contributed by atoms with Crippen molar-refractivity contribution in [3.8, 4) is 0 Å². The van der Waals surface area contributed by atoms with Crippen LogP contribution in [-0.4, -0.2) is 30.4 Å². The van der Waals surface area contributed by atoms with Crippen molar-refractivity contribution in [3.63, 3.8) is 0 Å². The molecule has 1 aliphatic heterocycles. The Kier molecular flexibility index (Phi) is 5.05. The van der Waals surface area contributed by atoms with Crippen molar-refractivity contribution in [2.45, 2.75) is 52.0 Å². The Morgan fingerprint density at radius 1 is 1.35 bits per heavy atom. The molecular formula is C17H26N2O. The summed E-state index contributed by atoms with van der Waals surface area (Å²) in [6, 6.07) is 6.40. The highest BCUT2D eigenvalue weighted by Gasteiger charge is 2.25. The minimum atomic E-state index is 0.207. The molecule has 1 aliphatic rings. The first-order chi connectivity index (χ1) is 9.67. The minimum absolute atomic E-state index is 0.207. The van der Waals surface area contributed by atoms with Crippen LogP contribution in [0.2, 0.25) is 0 Å². The average Bonchev–Trinajstić information content (AvgIpc) is 2.71. The van der Waals surface area contributed by atoms with Gasteiger partial charge in [-0.1, -0.05) is 19.8 Å². The molecule has 3 nitrogen and oxygen atoms in total. The van der Waals surface area contributed by atoms with Gasteiger partial charge in [-0.3, -0.25) is 4.79 Å². The predicted molar refractivity (Wildman–Crippen MR) is 84.3 cm³/mol. The SMILES string of the molecule is CCC1CCCCCN1C(=O)c1ccc(NC)cc1C. The minimum Gasteiger partial charge on any atom is -0.388 e. The molecule has 0 bridgehead atoms. The number of aryl methyl sites for hydroxylation is 1. The standard InChI is InChI=1S/C17H26N2O/c1-4-15-8-6-5-7-11-19(15)17(20)16-10-9-14(18-3)12-13(16)2/h9-10,12,15,18H,4-8,11H2,1-3H3. The van der Waals surface area contributed by atoms with E-state index in [-0.39, 0.29) is 5.91 Å². The molecule has 0 aliphatic carbocycles. The summed E-state index contributed by atoms with van der Waals surface area (Å²) < 4.78 is 0. The van der Waals surface area contributed by atoms with Crippen LogP contribution in [0.15, 0.2) is 18.2 Å². The molecule has 1 N–H and O–H groups in total. The number of hydrogen-bond donors (Lipinski definition) is 1. The van der Waals surface area contributed by atoms with Gasteiger partial charge in [0.1, 0.15) is 0 Å². The monoisotopic (exact) mass is 274 g/mol. The van der Waals surface area contributed by atoms with Crippen LogP contribution < -0.4 is 5.32 Å². The van der Waals surface area contributed by atoms with Gasteiger partial charge in [0, 0.05) is 30.9 Å². The van der Waals surface area contributed by atoms with Crippen LogP contribution in [0.4, 0.5) is 5.69 Å². The lowest BCUT2D eigenvalue weighted by molar-refractivity contribution is 0.0677. The van der Waals surface area contributed by atoms with E-state index in [4.69, 9.17) is 0 Å². The number of likely N-dealkylation sites (tertiary alicyclic amines) is 1. The van der Waals surface area contributed by atoms with E-state index in [2.05, 4.69) is 17.1 Å². The molecule has 1 fully saturated rings. The number of carbonyl (C=O) groups excluding carboxylic acids is 1. The number of carbonyl (C=O) groups is 1. The third kappa shape index (κ3) is 3.14. The van der Waals surface area contributed by atoms with Crippen LogP contribution >= 0.6 is 0 Å². The molecule has 1 amide bonds. The second-order valence-electron chi connectivity index (χ2n) is 5.69. The van der Waals surface area contributed by atoms with Crippen molar-refractivity contribution in [3.05, 3.63) is 29.3 Å². The number of nitrogens with zero attached hydrogens (tertiary/aromatic N) is 1. The molecule has 1 atom stereocenters. The highest BCUT2D eigenvalue weighted by Crippen LogP contribution is 2.23. The number of benzene rings is 1. The van der Waals surface area contributed by atoms with Crippen LogP contribution in [0.1, 0.15) is 54.9 Å². The molecule has 0 spiro atoms. The van der Waals surface area contributed by atoms with E-state index in [0.717, 1.165) is 42.6 Å². The Labute approximate surface area is 122 Å². The van der Waals surface area contributed by atoms with Crippen molar-refractivity contribution in [2.24, 2.45) is 0 Å². The molecule has 3 heteroatoms. The lowest BCUT2D eigenvalue weighted by atomic mass is 10.0. The van der Waals surface area contributed by atoms with Gasteiger partial charge in [-0.2, -0.15) is 0 Å². The number of amides is 1. The molecule has 0 saturated carbocycles. The van der Waals surface area contributed by atoms with Gasteiger partial charge in [0.2, 0.25) is 0 Å². The summed E-state index contributed by atoms with van der Waals surface area (Å²) in [5, 5.41) is 3.12. The Balaban J connectivity index is 2.24. The summed E-state index contributed by atoms with van der Waals surface area (Å²) >= 11 is 0. The van der Waals surface area contributed by atoms with E-state index < -0.39 is 0 Å². The second kappa shape index (κ2) is 6.78. The Morgan fingerprint density at radius 3 is 2.80 bits per heavy atom. The molecule has 110 valence electrons. The third-order valence-electron chi connectivity index (χ3n) is 4.35. The number of nitrogens with one attached hydrogen (secondary N) is 1. The first-order valence-corrected chi connectivity index (χ1v) is 7.76. The Hall–Kier alpha value is -1.51. The van der Waals surface area contributed by atoms with Crippen molar-refractivity contribution in [2.75, 3.05) is 18.9 Å². The zero-order valence-corrected chi connectivity index (χ0v) is 12.9. The summed E-state index contributed by atoms with van der Waals surface area (Å²) in [6.07, 6.45) is 5.84. The summed E-state index contributed by atoms with van der Waals surface area (Å²) in [5.41, 5.74) is 2.97. The van der Waals surface area contributed by atoms with Gasteiger partial charge in [-0.15, -0.1) is 0 Å². The molecule has 1 unspecified atom stereocenters. The number of hydrogen-bond acceptors (Lipinski definition) is 2. The van der Waals surface area contributed by atoms with E-state index in [9.17, 15) is 4.79 Å². The third-order valence-corrected chi connectivity index (χ3v) is 4.35. The topological polar surface area (TPSA) is 32.3 Å². The largest absolute Gasteiger partial charge is 0.388 e. The normalized spacial score (nSPS) is 19.6. The Morgan fingerprint density at radius 2 is 2.15 bits per heavy atom. The van der Waals surface area contributed by atoms with Gasteiger partial charge in [0.25, 0.3) is 5.91 Å². The maximum atomic E-state index is 12.8. The van der Waals surface area contributed by atoms with Crippen molar-refractivity contribution in [1.29, 1.82) is 0 Å². The van der Waals surface area contributed by atoms with E-state index in [0.29, 0.717) is 6.04 Å². The van der Waals surface area contributed by atoms with Gasteiger partial charge < -0.3 is 10.2 Å². The zero-order chi connectivity index (χ0) is 14.5. The predicted octanol–water partition coefficient (Wildman–Crippen LogP) is 3.83. The molecule has 1 aromatic carbocycles. The van der Waals surface area contributed by atoms with Crippen LogP contribution in [0.25, 0.3) is 0 Å². The van der Waals surface area contributed by atoms with E-state index in [1.54, 1.807) is 0 Å². The summed E-state index contributed by atoms with van der Waals surface area (Å²) in [6.45, 7) is 5.12. The molecular weight excluding hydrogens is 248 g/mol. The molecule has 1 heterocycles. The summed E-state index contributed by atoms with van der Waals surface area (Å²) in [5.74, 6) is 0.207. The van der Waals surface area contributed by atoms with Gasteiger partial charge in [-0.25, -0.2) is 0 Å². The Bertz CT molecular complexity index is 470. The zero-order valence-electron chi connectivity index (χ0n) is 12.9.